The smallest absolute Gasteiger partial charge is 0.255 e. The monoisotopic (exact) mass is 410 g/mol. The molecule has 0 bridgehead atoms. The van der Waals surface area contributed by atoms with E-state index in [9.17, 15) is 14.9 Å². The number of Topliss-reactive ketones (excluding diaryl/α,β-unsaturated/α-hetero) is 1. The molecule has 1 aliphatic rings. The largest absolute Gasteiger partial charge is 0.339 e. The average molecular weight is 410 g/mol. The Bertz CT molecular complexity index is 1130. The van der Waals surface area contributed by atoms with Gasteiger partial charge in [-0.2, -0.15) is 5.26 Å². The maximum Gasteiger partial charge on any atom is 0.255 e. The second-order valence-corrected chi connectivity index (χ2v) is 7.64. The Morgan fingerprint density at radius 1 is 1.00 bits per heavy atom. The molecule has 1 fully saturated rings. The molecule has 31 heavy (non-hydrogen) atoms. The first-order chi connectivity index (χ1) is 15.2. The lowest BCUT2D eigenvalue weighted by Crippen LogP contribution is -2.40. The number of nitriles is 1. The highest BCUT2D eigenvalue weighted by molar-refractivity contribution is 5.96. The van der Waals surface area contributed by atoms with Gasteiger partial charge in [0.05, 0.1) is 17.2 Å². The summed E-state index contributed by atoms with van der Waals surface area (Å²) in [6, 6.07) is 18.5. The molecule has 0 N–H and O–H groups in total. The molecule has 154 valence electrons. The Kier molecular flexibility index (Phi) is 6.13. The van der Waals surface area contributed by atoms with Crippen LogP contribution in [0, 0.1) is 17.2 Å². The number of benzene rings is 2. The first-order valence-electron chi connectivity index (χ1n) is 10.3. The first kappa shape index (κ1) is 20.4. The van der Waals surface area contributed by atoms with Crippen LogP contribution < -0.4 is 0 Å². The van der Waals surface area contributed by atoms with Gasteiger partial charge >= 0.3 is 0 Å². The molecule has 1 amide bonds. The van der Waals surface area contributed by atoms with Gasteiger partial charge in [-0.1, -0.05) is 30.3 Å². The third kappa shape index (κ3) is 4.67. The van der Waals surface area contributed by atoms with Gasteiger partial charge in [-0.05, 0) is 42.7 Å². The molecule has 0 saturated carbocycles. The van der Waals surface area contributed by atoms with E-state index >= 15 is 0 Å². The van der Waals surface area contributed by atoms with Gasteiger partial charge in [-0.15, -0.1) is 0 Å². The molecular formula is C25H22N4O2. The average Bonchev–Trinajstić information content (AvgIpc) is 2.84. The molecule has 0 unspecified atom stereocenters. The quantitative estimate of drug-likeness (QED) is 0.640. The van der Waals surface area contributed by atoms with Crippen LogP contribution >= 0.6 is 0 Å². The highest BCUT2D eigenvalue weighted by Gasteiger charge is 2.28. The number of piperidine rings is 1. The number of nitrogens with zero attached hydrogens (tertiary/aromatic N) is 4. The van der Waals surface area contributed by atoms with Crippen LogP contribution in [0.4, 0.5) is 0 Å². The molecule has 2 aromatic carbocycles. The van der Waals surface area contributed by atoms with Gasteiger partial charge in [-0.25, -0.2) is 9.97 Å². The van der Waals surface area contributed by atoms with E-state index in [1.165, 1.54) is 0 Å². The zero-order valence-electron chi connectivity index (χ0n) is 17.1. The summed E-state index contributed by atoms with van der Waals surface area (Å²) in [5.74, 6) is 0.627. The third-order valence-corrected chi connectivity index (χ3v) is 5.64. The van der Waals surface area contributed by atoms with Crippen molar-refractivity contribution in [2.45, 2.75) is 19.3 Å². The van der Waals surface area contributed by atoms with Crippen LogP contribution in [0.15, 0.2) is 67.0 Å². The van der Waals surface area contributed by atoms with Crippen LogP contribution in [0.25, 0.3) is 11.4 Å². The van der Waals surface area contributed by atoms with Crippen molar-refractivity contribution in [2.24, 2.45) is 5.92 Å². The molecular weight excluding hydrogens is 388 g/mol. The van der Waals surface area contributed by atoms with Gasteiger partial charge in [0.1, 0.15) is 5.78 Å². The summed E-state index contributed by atoms with van der Waals surface area (Å²) in [6.07, 6.45) is 5.03. The predicted octanol–water partition coefficient (Wildman–Crippen LogP) is 3.68. The summed E-state index contributed by atoms with van der Waals surface area (Å²) in [7, 11) is 0. The fourth-order valence-electron chi connectivity index (χ4n) is 3.96. The third-order valence-electron chi connectivity index (χ3n) is 5.64. The van der Waals surface area contributed by atoms with Crippen molar-refractivity contribution in [1.82, 2.24) is 14.9 Å². The van der Waals surface area contributed by atoms with E-state index in [4.69, 9.17) is 0 Å². The minimum Gasteiger partial charge on any atom is -0.339 e. The van der Waals surface area contributed by atoms with Gasteiger partial charge < -0.3 is 4.90 Å². The number of rotatable bonds is 5. The molecule has 1 aliphatic heterocycles. The van der Waals surface area contributed by atoms with Crippen molar-refractivity contribution >= 4 is 11.7 Å². The second kappa shape index (κ2) is 9.31. The number of hydrogen-bond donors (Lipinski definition) is 0. The fraction of sp³-hybridized carbons (Fsp3) is 0.240. The molecule has 1 aromatic heterocycles. The summed E-state index contributed by atoms with van der Waals surface area (Å²) < 4.78 is 0. The maximum absolute atomic E-state index is 12.9. The Labute approximate surface area is 181 Å². The van der Waals surface area contributed by atoms with Crippen LogP contribution in [-0.4, -0.2) is 39.6 Å². The summed E-state index contributed by atoms with van der Waals surface area (Å²) in [5.41, 5.74) is 2.64. The standard InChI is InChI=1S/C25H22N4O2/c26-17-21-6-1-2-8-22(21)25(31)29-13-9-19(10-14-29)23(30)16-18-5-3-7-20(15-18)24-27-11-4-12-28-24/h1-8,11-12,15,19H,9-10,13-14,16H2. The lowest BCUT2D eigenvalue weighted by atomic mass is 9.88. The topological polar surface area (TPSA) is 87.0 Å². The number of aromatic nitrogens is 2. The van der Waals surface area contributed by atoms with Gasteiger partial charge in [0.25, 0.3) is 5.91 Å². The number of carbonyl (C=O) groups excluding carboxylic acids is 2. The van der Waals surface area contributed by atoms with E-state index in [0.29, 0.717) is 49.3 Å². The number of ketones is 1. The van der Waals surface area contributed by atoms with Crippen molar-refractivity contribution in [3.05, 3.63) is 83.7 Å². The normalized spacial score (nSPS) is 14.1. The Morgan fingerprint density at radius 3 is 2.48 bits per heavy atom. The number of hydrogen-bond acceptors (Lipinski definition) is 5. The van der Waals surface area contributed by atoms with Crippen molar-refractivity contribution in [1.29, 1.82) is 5.26 Å². The molecule has 0 spiro atoms. The van der Waals surface area contributed by atoms with Crippen LogP contribution in [0.3, 0.4) is 0 Å². The summed E-state index contributed by atoms with van der Waals surface area (Å²) >= 11 is 0. The molecule has 4 rings (SSSR count). The molecule has 0 atom stereocenters. The zero-order chi connectivity index (χ0) is 21.6. The predicted molar refractivity (Wildman–Crippen MR) is 116 cm³/mol. The molecule has 2 heterocycles. The lowest BCUT2D eigenvalue weighted by Gasteiger charge is -2.31. The zero-order valence-corrected chi connectivity index (χ0v) is 17.1. The van der Waals surface area contributed by atoms with E-state index in [0.717, 1.165) is 11.1 Å². The van der Waals surface area contributed by atoms with Crippen LogP contribution in [0.2, 0.25) is 0 Å². The van der Waals surface area contributed by atoms with E-state index in [2.05, 4.69) is 16.0 Å². The summed E-state index contributed by atoms with van der Waals surface area (Å²) in [6.45, 7) is 1.04. The lowest BCUT2D eigenvalue weighted by molar-refractivity contribution is -0.123. The fourth-order valence-corrected chi connectivity index (χ4v) is 3.96. The molecule has 6 nitrogen and oxygen atoms in total. The molecule has 6 heteroatoms. The van der Waals surface area contributed by atoms with Gasteiger partial charge in [0, 0.05) is 43.4 Å². The minimum absolute atomic E-state index is 0.0631. The Balaban J connectivity index is 1.37. The molecule has 0 radical (unpaired) electrons. The summed E-state index contributed by atoms with van der Waals surface area (Å²) in [4.78, 5) is 36.0. The van der Waals surface area contributed by atoms with Gasteiger partial charge in [0.2, 0.25) is 0 Å². The van der Waals surface area contributed by atoms with E-state index in [1.54, 1.807) is 47.6 Å². The minimum atomic E-state index is -0.140. The van der Waals surface area contributed by atoms with Crippen LogP contribution in [0.1, 0.15) is 34.3 Å². The number of amides is 1. The van der Waals surface area contributed by atoms with E-state index in [-0.39, 0.29) is 17.6 Å². The SMILES string of the molecule is N#Cc1ccccc1C(=O)N1CCC(C(=O)Cc2cccc(-c3ncccn3)c2)CC1. The van der Waals surface area contributed by atoms with Crippen molar-refractivity contribution in [3.63, 3.8) is 0 Å². The molecule has 3 aromatic rings. The van der Waals surface area contributed by atoms with Crippen LogP contribution in [0.5, 0.6) is 0 Å². The highest BCUT2D eigenvalue weighted by atomic mass is 16.2. The first-order valence-corrected chi connectivity index (χ1v) is 10.3. The van der Waals surface area contributed by atoms with Gasteiger partial charge in [-0.3, -0.25) is 9.59 Å². The number of carbonyl (C=O) groups is 2. The van der Waals surface area contributed by atoms with E-state index in [1.807, 2.05) is 24.3 Å². The molecule has 1 saturated heterocycles. The van der Waals surface area contributed by atoms with Crippen LogP contribution in [-0.2, 0) is 11.2 Å². The maximum atomic E-state index is 12.9. The van der Waals surface area contributed by atoms with Crippen molar-refractivity contribution in [3.8, 4) is 17.5 Å². The highest BCUT2D eigenvalue weighted by Crippen LogP contribution is 2.23. The Morgan fingerprint density at radius 2 is 1.74 bits per heavy atom. The van der Waals surface area contributed by atoms with E-state index < -0.39 is 0 Å². The Hall–Kier alpha value is -3.85. The second-order valence-electron chi connectivity index (χ2n) is 7.64. The number of likely N-dealkylation sites (tertiary alicyclic amines) is 1. The van der Waals surface area contributed by atoms with Gasteiger partial charge in [0.15, 0.2) is 5.82 Å². The molecule has 0 aliphatic carbocycles. The van der Waals surface area contributed by atoms with Crippen molar-refractivity contribution in [2.75, 3.05) is 13.1 Å². The summed E-state index contributed by atoms with van der Waals surface area (Å²) in [5, 5.41) is 9.24. The van der Waals surface area contributed by atoms with Crippen molar-refractivity contribution < 1.29 is 9.59 Å².